The van der Waals surface area contributed by atoms with Gasteiger partial charge in [0.2, 0.25) is 5.91 Å². The molecule has 0 bridgehead atoms. The molecule has 0 spiro atoms. The van der Waals surface area contributed by atoms with Crippen LogP contribution in [0.2, 0.25) is 0 Å². The summed E-state index contributed by atoms with van der Waals surface area (Å²) in [4.78, 5) is 14.1. The van der Waals surface area contributed by atoms with E-state index in [1.54, 1.807) is 0 Å². The monoisotopic (exact) mass is 240 g/mol. The smallest absolute Gasteiger partial charge is 0.222 e. The van der Waals surface area contributed by atoms with Crippen LogP contribution in [-0.2, 0) is 4.79 Å². The fourth-order valence-corrected chi connectivity index (χ4v) is 2.58. The number of nitrogens with two attached hydrogens (primary N) is 1. The van der Waals surface area contributed by atoms with E-state index >= 15 is 0 Å². The van der Waals surface area contributed by atoms with E-state index in [0.717, 1.165) is 12.8 Å². The fourth-order valence-electron chi connectivity index (χ4n) is 2.58. The maximum absolute atomic E-state index is 12.1. The van der Waals surface area contributed by atoms with Gasteiger partial charge in [-0.15, -0.1) is 0 Å². The molecule has 3 unspecified atom stereocenters. The lowest BCUT2D eigenvalue weighted by molar-refractivity contribution is -0.133. The van der Waals surface area contributed by atoms with Crippen molar-refractivity contribution in [1.82, 2.24) is 4.90 Å². The lowest BCUT2D eigenvalue weighted by Gasteiger charge is -2.31. The largest absolute Gasteiger partial charge is 0.343 e. The molecule has 0 heterocycles. The van der Waals surface area contributed by atoms with Gasteiger partial charge in [0.05, 0.1) is 0 Å². The molecule has 0 aromatic heterocycles. The van der Waals surface area contributed by atoms with Gasteiger partial charge in [-0.3, -0.25) is 4.79 Å². The van der Waals surface area contributed by atoms with Gasteiger partial charge < -0.3 is 10.6 Å². The number of hydrogen-bond donors (Lipinski definition) is 1. The van der Waals surface area contributed by atoms with Crippen LogP contribution in [0, 0.1) is 11.8 Å². The lowest BCUT2D eigenvalue weighted by Crippen LogP contribution is -2.40. The van der Waals surface area contributed by atoms with Gasteiger partial charge in [-0.2, -0.15) is 0 Å². The van der Waals surface area contributed by atoms with Crippen molar-refractivity contribution in [3.05, 3.63) is 0 Å². The molecule has 3 atom stereocenters. The normalized spacial score (nSPS) is 26.9. The molecule has 3 heteroatoms. The van der Waals surface area contributed by atoms with Gasteiger partial charge in [-0.25, -0.2) is 0 Å². The Balaban J connectivity index is 2.42. The van der Waals surface area contributed by atoms with E-state index in [4.69, 9.17) is 5.73 Å². The third-order valence-corrected chi connectivity index (χ3v) is 4.26. The highest BCUT2D eigenvalue weighted by Gasteiger charge is 2.25. The highest BCUT2D eigenvalue weighted by Crippen LogP contribution is 2.26. The molecular weight excluding hydrogens is 212 g/mol. The topological polar surface area (TPSA) is 46.3 Å². The van der Waals surface area contributed by atoms with Crippen LogP contribution in [0.3, 0.4) is 0 Å². The minimum absolute atomic E-state index is 0.283. The third kappa shape index (κ3) is 4.30. The first-order chi connectivity index (χ1) is 7.91. The Hall–Kier alpha value is -0.570. The molecule has 0 aromatic rings. The van der Waals surface area contributed by atoms with Crippen molar-refractivity contribution < 1.29 is 4.79 Å². The van der Waals surface area contributed by atoms with Crippen LogP contribution in [0.5, 0.6) is 0 Å². The van der Waals surface area contributed by atoms with E-state index < -0.39 is 0 Å². The third-order valence-electron chi connectivity index (χ3n) is 4.26. The number of carbonyl (C=O) groups is 1. The number of nitrogens with zero attached hydrogens (tertiary/aromatic N) is 1. The second kappa shape index (κ2) is 6.39. The van der Waals surface area contributed by atoms with Crippen LogP contribution in [0.1, 0.15) is 52.9 Å². The van der Waals surface area contributed by atoms with E-state index in [-0.39, 0.29) is 5.91 Å². The van der Waals surface area contributed by atoms with Crippen molar-refractivity contribution in [2.75, 3.05) is 7.05 Å². The Bertz CT molecular complexity index is 253. The van der Waals surface area contributed by atoms with Crippen LogP contribution in [-0.4, -0.2) is 29.9 Å². The first kappa shape index (κ1) is 14.5. The Morgan fingerprint density at radius 1 is 1.35 bits per heavy atom. The predicted octanol–water partition coefficient (Wildman–Crippen LogP) is 2.40. The van der Waals surface area contributed by atoms with Gasteiger partial charge in [0.25, 0.3) is 0 Å². The van der Waals surface area contributed by atoms with Gasteiger partial charge >= 0.3 is 0 Å². The number of hydrogen-bond acceptors (Lipinski definition) is 2. The summed E-state index contributed by atoms with van der Waals surface area (Å²) in [5.74, 6) is 1.30. The molecule has 1 rings (SSSR count). The maximum atomic E-state index is 12.1. The summed E-state index contributed by atoms with van der Waals surface area (Å²) in [5, 5.41) is 0. The van der Waals surface area contributed by atoms with Crippen LogP contribution in [0.15, 0.2) is 0 Å². The lowest BCUT2D eigenvalue weighted by atomic mass is 9.84. The second-order valence-corrected chi connectivity index (χ2v) is 5.99. The molecule has 100 valence electrons. The average Bonchev–Trinajstić information content (AvgIpc) is 2.26. The van der Waals surface area contributed by atoms with Crippen molar-refractivity contribution >= 4 is 5.91 Å². The molecule has 3 nitrogen and oxygen atoms in total. The van der Waals surface area contributed by atoms with Crippen molar-refractivity contribution in [3.63, 3.8) is 0 Å². The molecule has 0 radical (unpaired) electrons. The summed E-state index contributed by atoms with van der Waals surface area (Å²) in [6.45, 7) is 6.44. The summed E-state index contributed by atoms with van der Waals surface area (Å²) in [7, 11) is 1.93. The van der Waals surface area contributed by atoms with E-state index in [1.165, 1.54) is 12.8 Å². The van der Waals surface area contributed by atoms with E-state index in [9.17, 15) is 4.79 Å². The highest BCUT2D eigenvalue weighted by atomic mass is 16.2. The Kier molecular flexibility index (Phi) is 5.44. The SMILES string of the molecule is CC(C)C(C)N(C)C(=O)CC1CCCC(N)C1. The van der Waals surface area contributed by atoms with Gasteiger partial charge in [-0.05, 0) is 38.0 Å². The molecule has 1 aliphatic carbocycles. The van der Waals surface area contributed by atoms with Gasteiger partial charge in [0.15, 0.2) is 0 Å². The summed E-state index contributed by atoms with van der Waals surface area (Å²) >= 11 is 0. The van der Waals surface area contributed by atoms with Crippen molar-refractivity contribution in [2.45, 2.75) is 65.0 Å². The molecule has 1 aliphatic rings. The molecular formula is C14H28N2O. The average molecular weight is 240 g/mol. The summed E-state index contributed by atoms with van der Waals surface area (Å²) in [6, 6.07) is 0.633. The summed E-state index contributed by atoms with van der Waals surface area (Å²) in [6.07, 6.45) is 5.19. The minimum Gasteiger partial charge on any atom is -0.343 e. The highest BCUT2D eigenvalue weighted by molar-refractivity contribution is 5.76. The number of carbonyl (C=O) groups excluding carboxylic acids is 1. The Morgan fingerprint density at radius 2 is 2.00 bits per heavy atom. The van der Waals surface area contributed by atoms with Gasteiger partial charge in [0.1, 0.15) is 0 Å². The summed E-state index contributed by atoms with van der Waals surface area (Å²) in [5.41, 5.74) is 5.96. The van der Waals surface area contributed by atoms with Crippen molar-refractivity contribution in [3.8, 4) is 0 Å². The zero-order valence-corrected chi connectivity index (χ0v) is 11.8. The predicted molar refractivity (Wildman–Crippen MR) is 71.6 cm³/mol. The fraction of sp³-hybridized carbons (Fsp3) is 0.929. The van der Waals surface area contributed by atoms with Gasteiger partial charge in [0, 0.05) is 25.6 Å². The van der Waals surface area contributed by atoms with Crippen LogP contribution < -0.4 is 5.73 Å². The van der Waals surface area contributed by atoms with Crippen LogP contribution in [0.25, 0.3) is 0 Å². The first-order valence-electron chi connectivity index (χ1n) is 6.93. The van der Waals surface area contributed by atoms with Crippen molar-refractivity contribution in [2.24, 2.45) is 17.6 Å². The molecule has 0 saturated heterocycles. The molecule has 1 amide bonds. The van der Waals surface area contributed by atoms with E-state index in [2.05, 4.69) is 20.8 Å². The summed E-state index contributed by atoms with van der Waals surface area (Å²) < 4.78 is 0. The zero-order chi connectivity index (χ0) is 13.0. The Morgan fingerprint density at radius 3 is 2.53 bits per heavy atom. The molecule has 0 aliphatic heterocycles. The van der Waals surface area contributed by atoms with Gasteiger partial charge in [-0.1, -0.05) is 20.3 Å². The standard InChI is InChI=1S/C14H28N2O/c1-10(2)11(3)16(4)14(17)9-12-6-5-7-13(15)8-12/h10-13H,5-9,15H2,1-4H3. The molecule has 0 aromatic carbocycles. The minimum atomic E-state index is 0.283. The molecule has 1 fully saturated rings. The Labute approximate surface area is 106 Å². The molecule has 17 heavy (non-hydrogen) atoms. The molecule has 1 saturated carbocycles. The van der Waals surface area contributed by atoms with Crippen LogP contribution in [0.4, 0.5) is 0 Å². The number of rotatable bonds is 4. The quantitative estimate of drug-likeness (QED) is 0.820. The van der Waals surface area contributed by atoms with Crippen molar-refractivity contribution in [1.29, 1.82) is 0 Å². The van der Waals surface area contributed by atoms with Crippen LogP contribution >= 0.6 is 0 Å². The molecule has 2 N–H and O–H groups in total. The zero-order valence-electron chi connectivity index (χ0n) is 11.8. The first-order valence-corrected chi connectivity index (χ1v) is 6.93. The maximum Gasteiger partial charge on any atom is 0.222 e. The second-order valence-electron chi connectivity index (χ2n) is 5.99. The number of amides is 1. The van der Waals surface area contributed by atoms with E-state index in [1.807, 2.05) is 11.9 Å². The van der Waals surface area contributed by atoms with E-state index in [0.29, 0.717) is 30.3 Å².